The SMILES string of the molecule is CC(Nc1ccc(C(=O)N(C)C)cc1)C1CCOC1. The van der Waals surface area contributed by atoms with Crippen molar-refractivity contribution in [3.05, 3.63) is 29.8 Å². The Kier molecular flexibility index (Phi) is 4.43. The third kappa shape index (κ3) is 3.47. The quantitative estimate of drug-likeness (QED) is 0.904. The normalized spacial score (nSPS) is 20.1. The highest BCUT2D eigenvalue weighted by atomic mass is 16.5. The molecule has 1 aliphatic rings. The maximum absolute atomic E-state index is 11.8. The zero-order chi connectivity index (χ0) is 13.8. The molecule has 1 heterocycles. The van der Waals surface area contributed by atoms with Crippen molar-refractivity contribution in [1.29, 1.82) is 0 Å². The molecule has 2 unspecified atom stereocenters. The number of nitrogens with one attached hydrogen (secondary N) is 1. The Hall–Kier alpha value is -1.55. The molecule has 19 heavy (non-hydrogen) atoms. The molecule has 1 aromatic rings. The van der Waals surface area contributed by atoms with Crippen molar-refractivity contribution >= 4 is 11.6 Å². The topological polar surface area (TPSA) is 41.6 Å². The molecular weight excluding hydrogens is 240 g/mol. The van der Waals surface area contributed by atoms with E-state index in [-0.39, 0.29) is 5.91 Å². The molecule has 1 N–H and O–H groups in total. The molecule has 1 saturated heterocycles. The molecule has 4 nitrogen and oxygen atoms in total. The van der Waals surface area contributed by atoms with E-state index in [0.29, 0.717) is 17.5 Å². The number of amides is 1. The van der Waals surface area contributed by atoms with Crippen molar-refractivity contribution in [1.82, 2.24) is 4.90 Å². The van der Waals surface area contributed by atoms with Gasteiger partial charge in [-0.1, -0.05) is 0 Å². The van der Waals surface area contributed by atoms with Crippen molar-refractivity contribution in [2.45, 2.75) is 19.4 Å². The highest BCUT2D eigenvalue weighted by Crippen LogP contribution is 2.20. The fraction of sp³-hybridized carbons (Fsp3) is 0.533. The predicted octanol–water partition coefficient (Wildman–Crippen LogP) is 2.23. The minimum absolute atomic E-state index is 0.0313. The van der Waals surface area contributed by atoms with Crippen molar-refractivity contribution in [2.24, 2.45) is 5.92 Å². The lowest BCUT2D eigenvalue weighted by Gasteiger charge is -2.20. The number of carbonyl (C=O) groups is 1. The fourth-order valence-corrected chi connectivity index (χ4v) is 2.30. The highest BCUT2D eigenvalue weighted by Gasteiger charge is 2.22. The first-order valence-corrected chi connectivity index (χ1v) is 6.74. The second kappa shape index (κ2) is 6.06. The van der Waals surface area contributed by atoms with Crippen LogP contribution in [0.1, 0.15) is 23.7 Å². The summed E-state index contributed by atoms with van der Waals surface area (Å²) in [4.78, 5) is 13.4. The van der Waals surface area contributed by atoms with Crippen molar-refractivity contribution in [2.75, 3.05) is 32.6 Å². The number of hydrogen-bond donors (Lipinski definition) is 1. The summed E-state index contributed by atoms with van der Waals surface area (Å²) in [5.74, 6) is 0.604. The maximum atomic E-state index is 11.8. The van der Waals surface area contributed by atoms with Crippen LogP contribution in [0.15, 0.2) is 24.3 Å². The van der Waals surface area contributed by atoms with Crippen LogP contribution in [0.5, 0.6) is 0 Å². The van der Waals surface area contributed by atoms with Crippen LogP contribution in [0.25, 0.3) is 0 Å². The predicted molar refractivity (Wildman–Crippen MR) is 76.5 cm³/mol. The molecule has 0 bridgehead atoms. The van der Waals surface area contributed by atoms with Gasteiger partial charge in [-0.2, -0.15) is 0 Å². The van der Waals surface area contributed by atoms with Gasteiger partial charge in [0.05, 0.1) is 6.61 Å². The molecule has 104 valence electrons. The summed E-state index contributed by atoms with van der Waals surface area (Å²) in [6.45, 7) is 3.89. The van der Waals surface area contributed by atoms with Gasteiger partial charge in [0.2, 0.25) is 0 Å². The molecule has 0 spiro atoms. The van der Waals surface area contributed by atoms with Crippen LogP contribution in [-0.2, 0) is 4.74 Å². The Labute approximate surface area is 114 Å². The Morgan fingerprint density at radius 2 is 2.05 bits per heavy atom. The minimum Gasteiger partial charge on any atom is -0.382 e. The number of benzene rings is 1. The van der Waals surface area contributed by atoms with Crippen molar-refractivity contribution in [3.63, 3.8) is 0 Å². The number of carbonyl (C=O) groups excluding carboxylic acids is 1. The van der Waals surface area contributed by atoms with Gasteiger partial charge < -0.3 is 15.0 Å². The summed E-state index contributed by atoms with van der Waals surface area (Å²) in [5, 5.41) is 3.47. The van der Waals surface area contributed by atoms with Crippen LogP contribution in [0.3, 0.4) is 0 Å². The van der Waals surface area contributed by atoms with Gasteiger partial charge in [0, 0.05) is 43.9 Å². The van der Waals surface area contributed by atoms with Crippen molar-refractivity contribution < 1.29 is 9.53 Å². The summed E-state index contributed by atoms with van der Waals surface area (Å²) in [7, 11) is 3.52. The standard InChI is InChI=1S/C15H22N2O2/c1-11(13-8-9-19-10-13)16-14-6-4-12(5-7-14)15(18)17(2)3/h4-7,11,13,16H,8-10H2,1-3H3. The van der Waals surface area contributed by atoms with Crippen LogP contribution < -0.4 is 5.32 Å². The summed E-state index contributed by atoms with van der Waals surface area (Å²) in [6.07, 6.45) is 1.12. The van der Waals surface area contributed by atoms with Gasteiger partial charge in [0.1, 0.15) is 0 Å². The highest BCUT2D eigenvalue weighted by molar-refractivity contribution is 5.94. The molecule has 1 aromatic carbocycles. The number of hydrogen-bond acceptors (Lipinski definition) is 3. The van der Waals surface area contributed by atoms with Gasteiger partial charge in [-0.05, 0) is 37.6 Å². The largest absolute Gasteiger partial charge is 0.382 e. The lowest BCUT2D eigenvalue weighted by atomic mass is 10.0. The van der Waals surface area contributed by atoms with E-state index in [2.05, 4.69) is 12.2 Å². The summed E-state index contributed by atoms with van der Waals surface area (Å²) >= 11 is 0. The zero-order valence-electron chi connectivity index (χ0n) is 11.8. The van der Waals surface area contributed by atoms with Crippen molar-refractivity contribution in [3.8, 4) is 0 Å². The van der Waals surface area contributed by atoms with E-state index >= 15 is 0 Å². The third-order valence-electron chi connectivity index (χ3n) is 3.60. The second-order valence-electron chi connectivity index (χ2n) is 5.33. The molecule has 2 rings (SSSR count). The van der Waals surface area contributed by atoms with Crippen LogP contribution >= 0.6 is 0 Å². The molecular formula is C15H22N2O2. The van der Waals surface area contributed by atoms with Gasteiger partial charge >= 0.3 is 0 Å². The molecule has 0 aliphatic carbocycles. The smallest absolute Gasteiger partial charge is 0.253 e. The number of nitrogens with zero attached hydrogens (tertiary/aromatic N) is 1. The van der Waals surface area contributed by atoms with Crippen LogP contribution in [0, 0.1) is 5.92 Å². The average Bonchev–Trinajstić information content (AvgIpc) is 2.92. The van der Waals surface area contributed by atoms with Crippen LogP contribution in [-0.4, -0.2) is 44.2 Å². The third-order valence-corrected chi connectivity index (χ3v) is 3.60. The molecule has 0 saturated carbocycles. The molecule has 4 heteroatoms. The average molecular weight is 262 g/mol. The molecule has 0 aromatic heterocycles. The fourth-order valence-electron chi connectivity index (χ4n) is 2.30. The molecule has 1 aliphatic heterocycles. The second-order valence-corrected chi connectivity index (χ2v) is 5.33. The van der Waals surface area contributed by atoms with Crippen LogP contribution in [0.2, 0.25) is 0 Å². The molecule has 2 atom stereocenters. The first-order valence-electron chi connectivity index (χ1n) is 6.74. The van der Waals surface area contributed by atoms with Gasteiger partial charge in [-0.15, -0.1) is 0 Å². The number of rotatable bonds is 4. The van der Waals surface area contributed by atoms with Gasteiger partial charge in [0.25, 0.3) is 5.91 Å². The Morgan fingerprint density at radius 3 is 2.58 bits per heavy atom. The van der Waals surface area contributed by atoms with E-state index in [1.54, 1.807) is 19.0 Å². The van der Waals surface area contributed by atoms with E-state index in [1.165, 1.54) is 0 Å². The summed E-state index contributed by atoms with van der Waals surface area (Å²) in [5.41, 5.74) is 1.77. The molecule has 1 amide bonds. The van der Waals surface area contributed by atoms with E-state index in [9.17, 15) is 4.79 Å². The van der Waals surface area contributed by atoms with Gasteiger partial charge in [-0.3, -0.25) is 4.79 Å². The van der Waals surface area contributed by atoms with Crippen LogP contribution in [0.4, 0.5) is 5.69 Å². The Balaban J connectivity index is 1.96. The maximum Gasteiger partial charge on any atom is 0.253 e. The first-order chi connectivity index (χ1) is 9.08. The zero-order valence-corrected chi connectivity index (χ0v) is 11.8. The minimum atomic E-state index is 0.0313. The van der Waals surface area contributed by atoms with E-state index in [0.717, 1.165) is 25.3 Å². The molecule has 0 radical (unpaired) electrons. The Bertz CT molecular complexity index is 422. The number of anilines is 1. The lowest BCUT2D eigenvalue weighted by Crippen LogP contribution is -2.26. The summed E-state index contributed by atoms with van der Waals surface area (Å²) < 4.78 is 5.40. The van der Waals surface area contributed by atoms with Gasteiger partial charge in [-0.25, -0.2) is 0 Å². The Morgan fingerprint density at radius 1 is 1.37 bits per heavy atom. The first kappa shape index (κ1) is 13.9. The van der Waals surface area contributed by atoms with E-state index in [4.69, 9.17) is 4.74 Å². The monoisotopic (exact) mass is 262 g/mol. The van der Waals surface area contributed by atoms with E-state index in [1.807, 2.05) is 24.3 Å². The van der Waals surface area contributed by atoms with Gasteiger partial charge in [0.15, 0.2) is 0 Å². The van der Waals surface area contributed by atoms with E-state index < -0.39 is 0 Å². The lowest BCUT2D eigenvalue weighted by molar-refractivity contribution is 0.0827. The number of ether oxygens (including phenoxy) is 1. The summed E-state index contributed by atoms with van der Waals surface area (Å²) in [6, 6.07) is 8.04. The molecule has 1 fully saturated rings.